The van der Waals surface area contributed by atoms with E-state index in [1.165, 1.54) is 23.5 Å². The molecule has 4 aromatic rings. The van der Waals surface area contributed by atoms with Crippen LogP contribution < -0.4 is 5.43 Å². The zero-order valence-corrected chi connectivity index (χ0v) is 15.3. The summed E-state index contributed by atoms with van der Waals surface area (Å²) in [4.78, 5) is 13.2. The molecule has 1 amide bonds. The fourth-order valence-corrected chi connectivity index (χ4v) is 3.26. The standard InChI is InChI=1S/C21H16N2O3S/c1-14-6-9-17(10-7-14)27-20-11-8-16(25-20)13-22-23-21(24)19-12-15-4-2-3-5-18(15)26-19/h2-13H,1H3,(H,23,24). The third-order valence-electron chi connectivity index (χ3n) is 3.85. The minimum atomic E-state index is -0.414. The van der Waals surface area contributed by atoms with Crippen molar-refractivity contribution in [2.75, 3.05) is 0 Å². The Balaban J connectivity index is 1.37. The number of para-hydroxylation sites is 1. The normalized spacial score (nSPS) is 11.3. The summed E-state index contributed by atoms with van der Waals surface area (Å²) in [6.07, 6.45) is 1.46. The van der Waals surface area contributed by atoms with Crippen molar-refractivity contribution in [3.8, 4) is 0 Å². The molecule has 5 nitrogen and oxygen atoms in total. The first kappa shape index (κ1) is 17.2. The van der Waals surface area contributed by atoms with Gasteiger partial charge in [-0.3, -0.25) is 4.79 Å². The number of amides is 1. The van der Waals surface area contributed by atoms with Crippen LogP contribution in [0.15, 0.2) is 90.7 Å². The van der Waals surface area contributed by atoms with Gasteiger partial charge in [-0.05, 0) is 43.3 Å². The number of rotatable bonds is 5. The molecule has 0 fully saturated rings. The highest BCUT2D eigenvalue weighted by Crippen LogP contribution is 2.29. The molecule has 2 aromatic heterocycles. The van der Waals surface area contributed by atoms with Gasteiger partial charge in [0.1, 0.15) is 11.3 Å². The summed E-state index contributed by atoms with van der Waals surface area (Å²) in [7, 11) is 0. The summed E-state index contributed by atoms with van der Waals surface area (Å²) in [5.74, 6) is 0.348. The molecule has 0 radical (unpaired) electrons. The van der Waals surface area contributed by atoms with Gasteiger partial charge < -0.3 is 8.83 Å². The summed E-state index contributed by atoms with van der Waals surface area (Å²) < 4.78 is 11.2. The van der Waals surface area contributed by atoms with Crippen molar-refractivity contribution in [2.45, 2.75) is 16.9 Å². The largest absolute Gasteiger partial charge is 0.451 e. The van der Waals surface area contributed by atoms with Crippen LogP contribution in [-0.2, 0) is 0 Å². The number of fused-ring (bicyclic) bond motifs is 1. The van der Waals surface area contributed by atoms with Gasteiger partial charge >= 0.3 is 5.91 Å². The lowest BCUT2D eigenvalue weighted by Gasteiger charge is -1.98. The first-order valence-electron chi connectivity index (χ1n) is 8.34. The molecule has 0 saturated heterocycles. The molecule has 0 aliphatic rings. The lowest BCUT2D eigenvalue weighted by molar-refractivity contribution is 0.0929. The van der Waals surface area contributed by atoms with Crippen LogP contribution in [0.2, 0.25) is 0 Å². The lowest BCUT2D eigenvalue weighted by Crippen LogP contribution is -2.16. The predicted molar refractivity (Wildman–Crippen MR) is 105 cm³/mol. The second-order valence-corrected chi connectivity index (χ2v) is 7.00. The zero-order valence-electron chi connectivity index (χ0n) is 14.5. The van der Waals surface area contributed by atoms with Crippen molar-refractivity contribution in [2.24, 2.45) is 5.10 Å². The van der Waals surface area contributed by atoms with Gasteiger partial charge in [0, 0.05) is 10.3 Å². The topological polar surface area (TPSA) is 67.7 Å². The van der Waals surface area contributed by atoms with Crippen molar-refractivity contribution < 1.29 is 13.6 Å². The van der Waals surface area contributed by atoms with E-state index >= 15 is 0 Å². The molecule has 0 saturated carbocycles. The molecule has 0 aliphatic heterocycles. The van der Waals surface area contributed by atoms with Crippen LogP contribution >= 0.6 is 11.8 Å². The van der Waals surface area contributed by atoms with E-state index in [1.807, 2.05) is 42.5 Å². The van der Waals surface area contributed by atoms with Crippen LogP contribution in [-0.4, -0.2) is 12.1 Å². The number of hydrogen-bond donors (Lipinski definition) is 1. The highest BCUT2D eigenvalue weighted by atomic mass is 32.2. The zero-order chi connectivity index (χ0) is 18.6. The summed E-state index contributed by atoms with van der Waals surface area (Å²) in [6.45, 7) is 2.05. The second-order valence-electron chi connectivity index (χ2n) is 5.92. The average Bonchev–Trinajstić information content (AvgIpc) is 3.30. The van der Waals surface area contributed by atoms with Crippen molar-refractivity contribution in [1.82, 2.24) is 5.43 Å². The van der Waals surface area contributed by atoms with Crippen molar-refractivity contribution >= 4 is 34.9 Å². The molecular formula is C21H16N2O3S. The number of hydrogen-bond acceptors (Lipinski definition) is 5. The number of nitrogens with one attached hydrogen (secondary N) is 1. The van der Waals surface area contributed by atoms with E-state index in [4.69, 9.17) is 8.83 Å². The van der Waals surface area contributed by atoms with E-state index in [2.05, 4.69) is 29.6 Å². The van der Waals surface area contributed by atoms with Crippen molar-refractivity contribution in [3.63, 3.8) is 0 Å². The Hall–Kier alpha value is -3.25. The van der Waals surface area contributed by atoms with E-state index < -0.39 is 5.91 Å². The van der Waals surface area contributed by atoms with Gasteiger partial charge in [-0.1, -0.05) is 47.7 Å². The van der Waals surface area contributed by atoms with Gasteiger partial charge in [-0.15, -0.1) is 0 Å². The molecule has 0 aliphatic carbocycles. The maximum absolute atomic E-state index is 12.1. The maximum atomic E-state index is 12.1. The molecular weight excluding hydrogens is 360 g/mol. The first-order chi connectivity index (χ1) is 13.2. The van der Waals surface area contributed by atoms with Gasteiger partial charge in [0.25, 0.3) is 0 Å². The number of aryl methyl sites for hydroxylation is 1. The highest BCUT2D eigenvalue weighted by molar-refractivity contribution is 7.99. The monoisotopic (exact) mass is 376 g/mol. The smallest absolute Gasteiger partial charge is 0.307 e. The quantitative estimate of drug-likeness (QED) is 0.382. The number of nitrogens with zero attached hydrogens (tertiary/aromatic N) is 1. The molecule has 0 unspecified atom stereocenters. The summed E-state index contributed by atoms with van der Waals surface area (Å²) in [6, 6.07) is 21.0. The Labute approximate surface area is 160 Å². The molecule has 1 N–H and O–H groups in total. The SMILES string of the molecule is Cc1ccc(Sc2ccc(C=NNC(=O)c3cc4ccccc4o3)o2)cc1. The molecule has 134 valence electrons. The summed E-state index contributed by atoms with van der Waals surface area (Å²) in [5, 5.41) is 5.56. The maximum Gasteiger partial charge on any atom is 0.307 e. The number of furan rings is 2. The van der Waals surface area contributed by atoms with Crippen LogP contribution in [0, 0.1) is 6.92 Å². The second kappa shape index (κ2) is 7.55. The third kappa shape index (κ3) is 4.12. The van der Waals surface area contributed by atoms with Crippen LogP contribution in [0.1, 0.15) is 21.9 Å². The predicted octanol–water partition coefficient (Wildman–Crippen LogP) is 5.25. The van der Waals surface area contributed by atoms with E-state index in [0.717, 1.165) is 15.4 Å². The highest BCUT2D eigenvalue weighted by Gasteiger charge is 2.11. The number of carbonyl (C=O) groups is 1. The first-order valence-corrected chi connectivity index (χ1v) is 9.15. The van der Waals surface area contributed by atoms with Crippen LogP contribution in [0.5, 0.6) is 0 Å². The number of benzene rings is 2. The lowest BCUT2D eigenvalue weighted by atomic mass is 10.2. The number of hydrazone groups is 1. The molecule has 2 heterocycles. The molecule has 0 bridgehead atoms. The fraction of sp³-hybridized carbons (Fsp3) is 0.0476. The van der Waals surface area contributed by atoms with E-state index in [0.29, 0.717) is 11.3 Å². The Morgan fingerprint density at radius 1 is 1.04 bits per heavy atom. The summed E-state index contributed by atoms with van der Waals surface area (Å²) in [5.41, 5.74) is 4.32. The van der Waals surface area contributed by atoms with Crippen LogP contribution in [0.4, 0.5) is 0 Å². The molecule has 4 rings (SSSR count). The molecule has 0 spiro atoms. The fourth-order valence-electron chi connectivity index (χ4n) is 2.48. The minimum absolute atomic E-state index is 0.211. The summed E-state index contributed by atoms with van der Waals surface area (Å²) >= 11 is 1.53. The Morgan fingerprint density at radius 3 is 2.67 bits per heavy atom. The molecule has 27 heavy (non-hydrogen) atoms. The van der Waals surface area contributed by atoms with Gasteiger partial charge in [0.15, 0.2) is 10.9 Å². The molecule has 2 aromatic carbocycles. The molecule has 0 atom stereocenters. The minimum Gasteiger partial charge on any atom is -0.451 e. The van der Waals surface area contributed by atoms with Crippen LogP contribution in [0.3, 0.4) is 0 Å². The van der Waals surface area contributed by atoms with Gasteiger partial charge in [-0.25, -0.2) is 5.43 Å². The Bertz CT molecular complexity index is 1080. The van der Waals surface area contributed by atoms with Gasteiger partial charge in [-0.2, -0.15) is 5.10 Å². The average molecular weight is 376 g/mol. The molecule has 6 heteroatoms. The Morgan fingerprint density at radius 2 is 1.85 bits per heavy atom. The van der Waals surface area contributed by atoms with E-state index in [1.54, 1.807) is 12.1 Å². The van der Waals surface area contributed by atoms with Gasteiger partial charge in [0.2, 0.25) is 0 Å². The van der Waals surface area contributed by atoms with E-state index in [9.17, 15) is 4.79 Å². The van der Waals surface area contributed by atoms with Crippen molar-refractivity contribution in [1.29, 1.82) is 0 Å². The van der Waals surface area contributed by atoms with Gasteiger partial charge in [0.05, 0.1) is 6.21 Å². The van der Waals surface area contributed by atoms with E-state index in [-0.39, 0.29) is 5.76 Å². The number of carbonyl (C=O) groups excluding carboxylic acids is 1. The van der Waals surface area contributed by atoms with Crippen LogP contribution in [0.25, 0.3) is 11.0 Å². The Kier molecular flexibility index (Phi) is 4.80. The van der Waals surface area contributed by atoms with Crippen molar-refractivity contribution in [3.05, 3.63) is 83.8 Å². The third-order valence-corrected chi connectivity index (χ3v) is 4.78.